The minimum absolute atomic E-state index is 0.0437. The van der Waals surface area contributed by atoms with E-state index in [1.54, 1.807) is 11.3 Å². The van der Waals surface area contributed by atoms with Crippen molar-refractivity contribution in [2.75, 3.05) is 25.0 Å². The Morgan fingerprint density at radius 1 is 1.50 bits per heavy atom. The quantitative estimate of drug-likeness (QED) is 0.899. The van der Waals surface area contributed by atoms with Crippen LogP contribution in [0.25, 0.3) is 0 Å². The van der Waals surface area contributed by atoms with Crippen molar-refractivity contribution in [2.45, 2.75) is 52.0 Å². The summed E-state index contributed by atoms with van der Waals surface area (Å²) in [5, 5.41) is 8.51. The molecule has 6 heteroatoms. The Hall–Kier alpha value is -1.14. The van der Waals surface area contributed by atoms with Gasteiger partial charge in [0.1, 0.15) is 5.00 Å². The summed E-state index contributed by atoms with van der Waals surface area (Å²) in [6.45, 7) is 9.18. The van der Waals surface area contributed by atoms with Crippen molar-refractivity contribution in [1.29, 1.82) is 0 Å². The second kappa shape index (κ2) is 6.16. The Balaban J connectivity index is 1.74. The normalized spacial score (nSPS) is 24.6. The molecule has 2 fully saturated rings. The van der Waals surface area contributed by atoms with Crippen LogP contribution in [-0.2, 0) is 6.42 Å². The van der Waals surface area contributed by atoms with E-state index in [9.17, 15) is 4.79 Å². The van der Waals surface area contributed by atoms with Gasteiger partial charge in [0.15, 0.2) is 0 Å². The molecular formula is C16H26N4OS. The van der Waals surface area contributed by atoms with Crippen LogP contribution in [-0.4, -0.2) is 41.1 Å². The first-order valence-corrected chi connectivity index (χ1v) is 9.07. The van der Waals surface area contributed by atoms with Gasteiger partial charge >= 0.3 is 6.03 Å². The molecule has 0 saturated carbocycles. The fourth-order valence-electron chi connectivity index (χ4n) is 3.69. The highest BCUT2D eigenvalue weighted by Gasteiger charge is 2.45. The maximum atomic E-state index is 12.8. The number of amides is 2. The number of urea groups is 1. The average Bonchev–Trinajstić information content (AvgIpc) is 3.13. The highest BCUT2D eigenvalue weighted by Crippen LogP contribution is 2.35. The largest absolute Gasteiger partial charge is 0.323 e. The lowest BCUT2D eigenvalue weighted by Gasteiger charge is -2.34. The highest BCUT2D eigenvalue weighted by atomic mass is 32.1. The first-order valence-electron chi connectivity index (χ1n) is 8.26. The molecule has 3 heterocycles. The molecule has 0 aromatic carbocycles. The smallest absolute Gasteiger partial charge is 0.318 e. The summed E-state index contributed by atoms with van der Waals surface area (Å²) in [5.41, 5.74) is 1.07. The SMILES string of the molecule is Cc1nc(CC(C)C)c(NC(=O)N2CCCC23CCNC3)s1. The maximum Gasteiger partial charge on any atom is 0.323 e. The minimum Gasteiger partial charge on any atom is -0.318 e. The van der Waals surface area contributed by atoms with Crippen molar-refractivity contribution in [3.63, 3.8) is 0 Å². The van der Waals surface area contributed by atoms with Crippen molar-refractivity contribution in [3.05, 3.63) is 10.7 Å². The van der Waals surface area contributed by atoms with E-state index in [2.05, 4.69) is 34.4 Å². The molecule has 2 aliphatic heterocycles. The molecule has 2 amide bonds. The lowest BCUT2D eigenvalue weighted by molar-refractivity contribution is 0.168. The van der Waals surface area contributed by atoms with E-state index in [0.29, 0.717) is 5.92 Å². The Kier molecular flexibility index (Phi) is 4.41. The number of hydrogen-bond donors (Lipinski definition) is 2. The average molecular weight is 322 g/mol. The van der Waals surface area contributed by atoms with Gasteiger partial charge in [-0.2, -0.15) is 0 Å². The van der Waals surface area contributed by atoms with Gasteiger partial charge in [0, 0.05) is 13.1 Å². The van der Waals surface area contributed by atoms with E-state index < -0.39 is 0 Å². The number of carbonyl (C=O) groups excluding carboxylic acids is 1. The number of nitrogens with one attached hydrogen (secondary N) is 2. The summed E-state index contributed by atoms with van der Waals surface area (Å²) in [5.74, 6) is 0.536. The lowest BCUT2D eigenvalue weighted by atomic mass is 9.95. The summed E-state index contributed by atoms with van der Waals surface area (Å²) in [4.78, 5) is 19.4. The molecule has 1 atom stereocenters. The molecule has 3 rings (SSSR count). The van der Waals surface area contributed by atoms with Crippen LogP contribution < -0.4 is 10.6 Å². The number of nitrogens with zero attached hydrogens (tertiary/aromatic N) is 2. The van der Waals surface area contributed by atoms with Crippen LogP contribution in [0, 0.1) is 12.8 Å². The molecule has 1 aromatic rings. The number of hydrogen-bond acceptors (Lipinski definition) is 4. The Morgan fingerprint density at radius 2 is 2.32 bits per heavy atom. The maximum absolute atomic E-state index is 12.8. The Labute approximate surface area is 136 Å². The van der Waals surface area contributed by atoms with Crippen LogP contribution in [0.3, 0.4) is 0 Å². The zero-order valence-electron chi connectivity index (χ0n) is 13.7. The molecule has 22 heavy (non-hydrogen) atoms. The van der Waals surface area contributed by atoms with Gasteiger partial charge in [0.2, 0.25) is 0 Å². The van der Waals surface area contributed by atoms with Crippen molar-refractivity contribution >= 4 is 22.4 Å². The van der Waals surface area contributed by atoms with Gasteiger partial charge in [0.25, 0.3) is 0 Å². The molecule has 2 N–H and O–H groups in total. The summed E-state index contributed by atoms with van der Waals surface area (Å²) < 4.78 is 0. The molecule has 0 bridgehead atoms. The summed E-state index contributed by atoms with van der Waals surface area (Å²) in [6, 6.07) is 0.0508. The predicted octanol–water partition coefficient (Wildman–Crippen LogP) is 3.01. The molecule has 0 radical (unpaired) electrons. The number of thiazole rings is 1. The van der Waals surface area contributed by atoms with Gasteiger partial charge in [-0.3, -0.25) is 5.32 Å². The first kappa shape index (κ1) is 15.7. The van der Waals surface area contributed by atoms with E-state index >= 15 is 0 Å². The second-order valence-corrected chi connectivity index (χ2v) is 8.15. The monoisotopic (exact) mass is 322 g/mol. The standard InChI is InChI=1S/C16H26N4OS/c1-11(2)9-13-14(22-12(3)18-13)19-15(21)20-8-4-5-16(20)6-7-17-10-16/h11,17H,4-10H2,1-3H3,(H,19,21). The van der Waals surface area contributed by atoms with Crippen molar-refractivity contribution in [2.24, 2.45) is 5.92 Å². The molecule has 2 saturated heterocycles. The highest BCUT2D eigenvalue weighted by molar-refractivity contribution is 7.16. The summed E-state index contributed by atoms with van der Waals surface area (Å²) >= 11 is 1.59. The van der Waals surface area contributed by atoms with Gasteiger partial charge in [-0.15, -0.1) is 11.3 Å². The van der Waals surface area contributed by atoms with Crippen LogP contribution >= 0.6 is 11.3 Å². The molecule has 1 unspecified atom stereocenters. The molecule has 0 aliphatic carbocycles. The van der Waals surface area contributed by atoms with Crippen LogP contribution in [0.5, 0.6) is 0 Å². The third-order valence-corrected chi connectivity index (χ3v) is 5.62. The van der Waals surface area contributed by atoms with Gasteiger partial charge < -0.3 is 10.2 Å². The third kappa shape index (κ3) is 2.99. The van der Waals surface area contributed by atoms with E-state index in [4.69, 9.17) is 0 Å². The molecule has 1 spiro atoms. The molecule has 122 valence electrons. The Morgan fingerprint density at radius 3 is 3.00 bits per heavy atom. The number of anilines is 1. The fraction of sp³-hybridized carbons (Fsp3) is 0.750. The zero-order chi connectivity index (χ0) is 15.7. The topological polar surface area (TPSA) is 57.3 Å². The van der Waals surface area contributed by atoms with Crippen LogP contribution in [0.15, 0.2) is 0 Å². The number of aromatic nitrogens is 1. The van der Waals surface area contributed by atoms with Crippen molar-refractivity contribution in [1.82, 2.24) is 15.2 Å². The summed E-state index contributed by atoms with van der Waals surface area (Å²) in [7, 11) is 0. The summed E-state index contributed by atoms with van der Waals surface area (Å²) in [6.07, 6.45) is 4.21. The molecular weight excluding hydrogens is 296 g/mol. The number of rotatable bonds is 3. The van der Waals surface area contributed by atoms with Gasteiger partial charge in [0.05, 0.1) is 16.2 Å². The lowest BCUT2D eigenvalue weighted by Crippen LogP contribution is -2.50. The van der Waals surface area contributed by atoms with E-state index in [-0.39, 0.29) is 11.6 Å². The number of aryl methyl sites for hydroxylation is 1. The molecule has 2 aliphatic rings. The predicted molar refractivity (Wildman–Crippen MR) is 90.6 cm³/mol. The van der Waals surface area contributed by atoms with Crippen molar-refractivity contribution < 1.29 is 4.79 Å². The molecule has 5 nitrogen and oxygen atoms in total. The third-order valence-electron chi connectivity index (χ3n) is 4.69. The van der Waals surface area contributed by atoms with Crippen molar-refractivity contribution in [3.8, 4) is 0 Å². The van der Waals surface area contributed by atoms with Crippen LogP contribution in [0.4, 0.5) is 9.80 Å². The first-order chi connectivity index (χ1) is 10.5. The van der Waals surface area contributed by atoms with Gasteiger partial charge in [-0.25, -0.2) is 9.78 Å². The second-order valence-electron chi connectivity index (χ2n) is 6.94. The minimum atomic E-state index is 0.0437. The fourth-order valence-corrected chi connectivity index (χ4v) is 4.52. The number of carbonyl (C=O) groups is 1. The van der Waals surface area contributed by atoms with Crippen LogP contribution in [0.1, 0.15) is 43.8 Å². The van der Waals surface area contributed by atoms with E-state index in [0.717, 1.165) is 61.0 Å². The molecule has 1 aromatic heterocycles. The van der Waals surface area contributed by atoms with Gasteiger partial charge in [-0.05, 0) is 45.1 Å². The van der Waals surface area contributed by atoms with Gasteiger partial charge in [-0.1, -0.05) is 13.8 Å². The number of likely N-dealkylation sites (tertiary alicyclic amines) is 1. The van der Waals surface area contributed by atoms with E-state index in [1.165, 1.54) is 0 Å². The van der Waals surface area contributed by atoms with Crippen LogP contribution in [0.2, 0.25) is 0 Å². The zero-order valence-corrected chi connectivity index (χ0v) is 14.6. The Bertz CT molecular complexity index is 543. The van der Waals surface area contributed by atoms with E-state index in [1.807, 2.05) is 6.92 Å².